The fourth-order valence-corrected chi connectivity index (χ4v) is 3.97. The first-order valence-electron chi connectivity index (χ1n) is 10.4. The molecule has 1 aliphatic rings. The first-order valence-corrected chi connectivity index (χ1v) is 10.4. The zero-order valence-corrected chi connectivity index (χ0v) is 18.0. The highest BCUT2D eigenvalue weighted by Gasteiger charge is 2.27. The van der Waals surface area contributed by atoms with Crippen molar-refractivity contribution in [2.45, 2.75) is 66.3 Å². The molecule has 3 heterocycles. The van der Waals surface area contributed by atoms with Crippen LogP contribution in [0.5, 0.6) is 0 Å². The lowest BCUT2D eigenvalue weighted by molar-refractivity contribution is 0.232. The van der Waals surface area contributed by atoms with Crippen molar-refractivity contribution in [1.29, 1.82) is 0 Å². The molecule has 0 unspecified atom stereocenters. The topological polar surface area (TPSA) is 67.5 Å². The molecule has 0 saturated heterocycles. The van der Waals surface area contributed by atoms with Gasteiger partial charge in [-0.05, 0) is 70.1 Å². The quantitative estimate of drug-likeness (QED) is 0.589. The summed E-state index contributed by atoms with van der Waals surface area (Å²) in [6.07, 6.45) is 8.67. The summed E-state index contributed by atoms with van der Waals surface area (Å²) < 4.78 is 1.89. The van der Waals surface area contributed by atoms with Crippen molar-refractivity contribution in [2.24, 2.45) is 10.4 Å². The Morgan fingerprint density at radius 2 is 1.93 bits per heavy atom. The summed E-state index contributed by atoms with van der Waals surface area (Å²) in [6, 6.07) is 6.54. The normalized spacial score (nSPS) is 16.7. The van der Waals surface area contributed by atoms with E-state index in [-0.39, 0.29) is 0 Å². The van der Waals surface area contributed by atoms with Crippen LogP contribution in [-0.4, -0.2) is 31.3 Å². The van der Waals surface area contributed by atoms with E-state index < -0.39 is 0 Å². The molecule has 1 aliphatic carbocycles. The van der Waals surface area contributed by atoms with Crippen molar-refractivity contribution in [3.63, 3.8) is 0 Å². The lowest BCUT2D eigenvalue weighted by Gasteiger charge is -2.34. The number of pyridine rings is 1. The molecule has 3 aromatic rings. The van der Waals surface area contributed by atoms with Crippen LogP contribution in [0.2, 0.25) is 0 Å². The van der Waals surface area contributed by atoms with E-state index in [2.05, 4.69) is 34.2 Å². The minimum Gasteiger partial charge on any atom is -0.350 e. The third-order valence-electron chi connectivity index (χ3n) is 5.77. The van der Waals surface area contributed by atoms with Crippen LogP contribution in [-0.2, 0) is 0 Å². The molecule has 4 rings (SSSR count). The lowest BCUT2D eigenvalue weighted by Crippen LogP contribution is -2.30. The van der Waals surface area contributed by atoms with Gasteiger partial charge in [0.05, 0.1) is 28.8 Å². The molecule has 152 valence electrons. The molecule has 1 fully saturated rings. The smallest absolute Gasteiger partial charge is 0.241 e. The van der Waals surface area contributed by atoms with Crippen LogP contribution in [0, 0.1) is 12.3 Å². The number of anilines is 1. The molecule has 0 spiro atoms. The second kappa shape index (κ2) is 7.58. The van der Waals surface area contributed by atoms with E-state index in [9.17, 15) is 0 Å². The number of aryl methyl sites for hydroxylation is 1. The van der Waals surface area contributed by atoms with E-state index in [1.807, 2.05) is 55.9 Å². The van der Waals surface area contributed by atoms with Crippen molar-refractivity contribution >= 4 is 22.9 Å². The van der Waals surface area contributed by atoms with Gasteiger partial charge in [-0.25, -0.2) is 9.50 Å². The number of hydrogen-bond donors (Lipinski definition) is 1. The highest BCUT2D eigenvalue weighted by atomic mass is 15.3. The van der Waals surface area contributed by atoms with Gasteiger partial charge in [-0.2, -0.15) is 0 Å². The zero-order chi connectivity index (χ0) is 20.6. The molecule has 6 nitrogen and oxygen atoms in total. The summed E-state index contributed by atoms with van der Waals surface area (Å²) in [5, 5.41) is 8.20. The van der Waals surface area contributed by atoms with Crippen molar-refractivity contribution in [3.8, 4) is 11.3 Å². The molecule has 29 heavy (non-hydrogen) atoms. The largest absolute Gasteiger partial charge is 0.350 e. The summed E-state index contributed by atoms with van der Waals surface area (Å²) in [6.45, 7) is 10.7. The molecule has 1 N–H and O–H groups in total. The van der Waals surface area contributed by atoms with E-state index in [1.54, 1.807) is 0 Å². The second-order valence-electron chi connectivity index (χ2n) is 9.08. The third-order valence-corrected chi connectivity index (χ3v) is 5.77. The molecule has 0 atom stereocenters. The monoisotopic (exact) mass is 390 g/mol. The van der Waals surface area contributed by atoms with Crippen molar-refractivity contribution in [1.82, 2.24) is 19.6 Å². The summed E-state index contributed by atoms with van der Waals surface area (Å²) in [5.74, 6) is 0.691. The summed E-state index contributed by atoms with van der Waals surface area (Å²) in [5.41, 5.74) is 6.21. The van der Waals surface area contributed by atoms with Crippen LogP contribution in [0.25, 0.3) is 16.8 Å². The van der Waals surface area contributed by atoms with Gasteiger partial charge in [0.1, 0.15) is 0 Å². The number of hydrogen-bond acceptors (Lipinski definition) is 5. The molecule has 0 aliphatic heterocycles. The van der Waals surface area contributed by atoms with Gasteiger partial charge in [0.2, 0.25) is 5.95 Å². The highest BCUT2D eigenvalue weighted by molar-refractivity contribution is 5.83. The minimum absolute atomic E-state index is 0.454. The Morgan fingerprint density at radius 3 is 2.62 bits per heavy atom. The average Bonchev–Trinajstić information content (AvgIpc) is 3.08. The number of aliphatic imine (C=N–C) groups is 1. The van der Waals surface area contributed by atoms with Gasteiger partial charge >= 0.3 is 0 Å². The fraction of sp³-hybridized carbons (Fsp3) is 0.478. The van der Waals surface area contributed by atoms with Crippen molar-refractivity contribution in [2.75, 3.05) is 5.32 Å². The molecule has 3 aromatic heterocycles. The maximum absolute atomic E-state index is 4.76. The number of rotatable bonds is 4. The number of nitrogens with one attached hydrogen (secondary N) is 1. The standard InChI is InChI=1S/C23H30N6/c1-15(2)25-19-6-7-20(26-16(19)3)18-10-13-29-21(18)14-24-22(28-29)27-17-8-11-23(4,5)12-9-17/h6-7,10,13-14,17H,8-9,11-12H2,1-5H3,(H,27,28). The average molecular weight is 391 g/mol. The second-order valence-corrected chi connectivity index (χ2v) is 9.08. The Labute approximate surface area is 172 Å². The van der Waals surface area contributed by atoms with E-state index >= 15 is 0 Å². The molecule has 0 aromatic carbocycles. The fourth-order valence-electron chi connectivity index (χ4n) is 3.97. The van der Waals surface area contributed by atoms with Gasteiger partial charge in [0, 0.05) is 23.5 Å². The van der Waals surface area contributed by atoms with Gasteiger partial charge in [0.15, 0.2) is 0 Å². The number of fused-ring (bicyclic) bond motifs is 1. The molecule has 0 radical (unpaired) electrons. The van der Waals surface area contributed by atoms with Crippen molar-refractivity contribution < 1.29 is 0 Å². The Bertz CT molecular complexity index is 1050. The number of nitrogens with zero attached hydrogens (tertiary/aromatic N) is 5. The van der Waals surface area contributed by atoms with E-state index in [0.29, 0.717) is 17.4 Å². The SMILES string of the molecule is CC(C)=Nc1ccc(-c2ccn3nc(NC4CCC(C)(C)CC4)ncc23)nc1C. The molecular formula is C23H30N6. The Kier molecular flexibility index (Phi) is 5.11. The van der Waals surface area contributed by atoms with Gasteiger partial charge in [-0.1, -0.05) is 13.8 Å². The van der Waals surface area contributed by atoms with Crippen LogP contribution < -0.4 is 5.32 Å². The van der Waals surface area contributed by atoms with Gasteiger partial charge in [-0.3, -0.25) is 9.98 Å². The van der Waals surface area contributed by atoms with Crippen LogP contribution in [0.3, 0.4) is 0 Å². The van der Waals surface area contributed by atoms with E-state index in [4.69, 9.17) is 4.98 Å². The summed E-state index contributed by atoms with van der Waals surface area (Å²) in [4.78, 5) is 13.9. The Hall–Kier alpha value is -2.76. The maximum atomic E-state index is 4.76. The summed E-state index contributed by atoms with van der Waals surface area (Å²) >= 11 is 0. The maximum Gasteiger partial charge on any atom is 0.241 e. The lowest BCUT2D eigenvalue weighted by atomic mass is 9.76. The van der Waals surface area contributed by atoms with E-state index in [0.717, 1.165) is 33.9 Å². The molecule has 1 saturated carbocycles. The Morgan fingerprint density at radius 1 is 1.17 bits per heavy atom. The molecular weight excluding hydrogens is 360 g/mol. The molecule has 6 heteroatoms. The third kappa shape index (κ3) is 4.31. The van der Waals surface area contributed by atoms with Crippen LogP contribution >= 0.6 is 0 Å². The van der Waals surface area contributed by atoms with Crippen LogP contribution in [0.1, 0.15) is 59.1 Å². The van der Waals surface area contributed by atoms with Gasteiger partial charge < -0.3 is 5.32 Å². The molecule has 0 amide bonds. The van der Waals surface area contributed by atoms with Crippen LogP contribution in [0.15, 0.2) is 35.6 Å². The van der Waals surface area contributed by atoms with E-state index in [1.165, 1.54) is 25.7 Å². The number of aromatic nitrogens is 4. The van der Waals surface area contributed by atoms with Gasteiger partial charge in [-0.15, -0.1) is 5.10 Å². The minimum atomic E-state index is 0.454. The predicted octanol–water partition coefficient (Wildman–Crippen LogP) is 5.59. The Balaban J connectivity index is 1.56. The van der Waals surface area contributed by atoms with Gasteiger partial charge in [0.25, 0.3) is 0 Å². The summed E-state index contributed by atoms with van der Waals surface area (Å²) in [7, 11) is 0. The highest BCUT2D eigenvalue weighted by Crippen LogP contribution is 2.36. The molecule has 0 bridgehead atoms. The van der Waals surface area contributed by atoms with Crippen LogP contribution in [0.4, 0.5) is 11.6 Å². The first kappa shape index (κ1) is 19.6. The first-order chi connectivity index (χ1) is 13.8. The predicted molar refractivity (Wildman–Crippen MR) is 119 cm³/mol. The zero-order valence-electron chi connectivity index (χ0n) is 18.0. The van der Waals surface area contributed by atoms with Crippen molar-refractivity contribution in [3.05, 3.63) is 36.3 Å².